The van der Waals surface area contributed by atoms with Gasteiger partial charge >= 0.3 is 0 Å². The monoisotopic (exact) mass is 393 g/mol. The zero-order chi connectivity index (χ0) is 20.5. The van der Waals surface area contributed by atoms with Crippen LogP contribution in [0, 0.1) is 0 Å². The lowest BCUT2D eigenvalue weighted by Crippen LogP contribution is -2.33. The normalized spacial score (nSPS) is 10.4. The molecule has 0 saturated carbocycles. The first-order chi connectivity index (χ1) is 14.2. The van der Waals surface area contributed by atoms with E-state index in [0.717, 1.165) is 11.3 Å². The van der Waals surface area contributed by atoms with E-state index >= 15 is 0 Å². The molecule has 3 aromatic rings. The summed E-state index contributed by atoms with van der Waals surface area (Å²) in [5, 5.41) is 2.73. The predicted molar refractivity (Wildman–Crippen MR) is 110 cm³/mol. The number of carbonyl (C=O) groups excluding carboxylic acids is 1. The lowest BCUT2D eigenvalue weighted by Gasteiger charge is -2.10. The highest BCUT2D eigenvalue weighted by molar-refractivity contribution is 5.77. The molecule has 0 unspecified atom stereocenters. The van der Waals surface area contributed by atoms with E-state index in [1.807, 2.05) is 37.3 Å². The number of hydrogen-bond donors (Lipinski definition) is 1. The molecule has 0 atom stereocenters. The number of rotatable bonds is 9. The third kappa shape index (κ3) is 5.93. The summed E-state index contributed by atoms with van der Waals surface area (Å²) in [6, 6.07) is 18.1. The van der Waals surface area contributed by atoms with Crippen LogP contribution in [0.25, 0.3) is 11.3 Å². The summed E-state index contributed by atoms with van der Waals surface area (Å²) in [5.41, 5.74) is 1.34. The first-order valence-electron chi connectivity index (χ1n) is 9.40. The predicted octanol–water partition coefficient (Wildman–Crippen LogP) is 2.50. The molecule has 7 heteroatoms. The number of ether oxygens (including phenoxy) is 2. The average Bonchev–Trinajstić information content (AvgIpc) is 2.75. The minimum atomic E-state index is -0.263. The van der Waals surface area contributed by atoms with Gasteiger partial charge in [0.2, 0.25) is 0 Å². The van der Waals surface area contributed by atoms with Crippen molar-refractivity contribution in [3.8, 4) is 22.8 Å². The van der Waals surface area contributed by atoms with E-state index in [-0.39, 0.29) is 18.1 Å². The summed E-state index contributed by atoms with van der Waals surface area (Å²) in [4.78, 5) is 28.5. The van der Waals surface area contributed by atoms with E-state index in [1.165, 1.54) is 17.0 Å². The summed E-state index contributed by atoms with van der Waals surface area (Å²) in [7, 11) is 0. The Hall–Kier alpha value is -3.61. The molecular formula is C22H23N3O4. The quantitative estimate of drug-likeness (QED) is 0.604. The van der Waals surface area contributed by atoms with Crippen molar-refractivity contribution in [2.24, 2.45) is 0 Å². The lowest BCUT2D eigenvalue weighted by atomic mass is 10.1. The van der Waals surface area contributed by atoms with Crippen LogP contribution < -0.4 is 20.3 Å². The Morgan fingerprint density at radius 1 is 1.03 bits per heavy atom. The van der Waals surface area contributed by atoms with Crippen molar-refractivity contribution in [3.05, 3.63) is 77.3 Å². The van der Waals surface area contributed by atoms with Crippen LogP contribution in [0.15, 0.2) is 71.8 Å². The summed E-state index contributed by atoms with van der Waals surface area (Å²) in [6.45, 7) is 3.04. The fraction of sp³-hybridized carbons (Fsp3) is 0.227. The Labute approximate surface area is 168 Å². The summed E-state index contributed by atoms with van der Waals surface area (Å²) in [5.74, 6) is 1.07. The molecule has 0 saturated heterocycles. The molecule has 2 aromatic carbocycles. The van der Waals surface area contributed by atoms with Gasteiger partial charge in [0.1, 0.15) is 11.5 Å². The van der Waals surface area contributed by atoms with Crippen molar-refractivity contribution < 1.29 is 14.3 Å². The van der Waals surface area contributed by atoms with Crippen LogP contribution in [0.2, 0.25) is 0 Å². The molecule has 150 valence electrons. The standard InChI is InChI=1S/C22H23N3O4/c1-2-28-18-8-10-19(11-9-18)29-15-21(26)23-12-13-25-16-24-20(14-22(25)27)17-6-4-3-5-7-17/h3-11,14,16H,2,12-13,15H2,1H3,(H,23,26). The molecule has 0 radical (unpaired) electrons. The Morgan fingerprint density at radius 3 is 2.38 bits per heavy atom. The maximum atomic E-state index is 12.2. The van der Waals surface area contributed by atoms with Crippen LogP contribution in [-0.2, 0) is 11.3 Å². The van der Waals surface area contributed by atoms with Gasteiger partial charge in [-0.25, -0.2) is 4.98 Å². The SMILES string of the molecule is CCOc1ccc(OCC(=O)NCCn2cnc(-c3ccccc3)cc2=O)cc1. The Bertz CT molecular complexity index is 985. The highest BCUT2D eigenvalue weighted by Crippen LogP contribution is 2.17. The molecule has 0 aliphatic rings. The summed E-state index contributed by atoms with van der Waals surface area (Å²) < 4.78 is 12.3. The second kappa shape index (κ2) is 10.1. The molecule has 1 heterocycles. The Morgan fingerprint density at radius 2 is 1.72 bits per heavy atom. The fourth-order valence-corrected chi connectivity index (χ4v) is 2.68. The van der Waals surface area contributed by atoms with Crippen molar-refractivity contribution in [1.82, 2.24) is 14.9 Å². The van der Waals surface area contributed by atoms with Crippen molar-refractivity contribution in [3.63, 3.8) is 0 Å². The highest BCUT2D eigenvalue weighted by atomic mass is 16.5. The average molecular weight is 393 g/mol. The van der Waals surface area contributed by atoms with Gasteiger partial charge in [0.05, 0.1) is 18.6 Å². The van der Waals surface area contributed by atoms with Crippen LogP contribution in [0.1, 0.15) is 6.92 Å². The molecule has 0 aliphatic heterocycles. The third-order valence-corrected chi connectivity index (χ3v) is 4.13. The van der Waals surface area contributed by atoms with E-state index in [0.29, 0.717) is 31.1 Å². The minimum Gasteiger partial charge on any atom is -0.494 e. The minimum absolute atomic E-state index is 0.103. The van der Waals surface area contributed by atoms with Gasteiger partial charge in [-0.05, 0) is 31.2 Å². The lowest BCUT2D eigenvalue weighted by molar-refractivity contribution is -0.123. The topological polar surface area (TPSA) is 82.4 Å². The number of nitrogens with one attached hydrogen (secondary N) is 1. The molecule has 29 heavy (non-hydrogen) atoms. The molecule has 0 aliphatic carbocycles. The molecule has 1 amide bonds. The maximum Gasteiger partial charge on any atom is 0.258 e. The van der Waals surface area contributed by atoms with Crippen LogP contribution in [0.4, 0.5) is 0 Å². The molecule has 0 bridgehead atoms. The molecule has 1 aromatic heterocycles. The second-order valence-corrected chi connectivity index (χ2v) is 6.21. The van der Waals surface area contributed by atoms with Crippen LogP contribution >= 0.6 is 0 Å². The molecule has 0 fully saturated rings. The number of amides is 1. The number of hydrogen-bond acceptors (Lipinski definition) is 5. The zero-order valence-electron chi connectivity index (χ0n) is 16.2. The third-order valence-electron chi connectivity index (χ3n) is 4.13. The molecule has 1 N–H and O–H groups in total. The summed E-state index contributed by atoms with van der Waals surface area (Å²) in [6.07, 6.45) is 1.49. The van der Waals surface area contributed by atoms with Gasteiger partial charge in [0, 0.05) is 24.7 Å². The van der Waals surface area contributed by atoms with Crippen LogP contribution in [-0.4, -0.2) is 35.2 Å². The second-order valence-electron chi connectivity index (χ2n) is 6.21. The van der Waals surface area contributed by atoms with Gasteiger partial charge in [-0.2, -0.15) is 0 Å². The van der Waals surface area contributed by atoms with Gasteiger partial charge in [0.25, 0.3) is 11.5 Å². The number of nitrogens with zero attached hydrogens (tertiary/aromatic N) is 2. The number of aromatic nitrogens is 2. The maximum absolute atomic E-state index is 12.2. The van der Waals surface area contributed by atoms with Crippen molar-refractivity contribution in [2.45, 2.75) is 13.5 Å². The summed E-state index contributed by atoms with van der Waals surface area (Å²) >= 11 is 0. The number of benzene rings is 2. The fourth-order valence-electron chi connectivity index (χ4n) is 2.68. The van der Waals surface area contributed by atoms with Crippen molar-refractivity contribution >= 4 is 5.91 Å². The van der Waals surface area contributed by atoms with Gasteiger partial charge < -0.3 is 14.8 Å². The van der Waals surface area contributed by atoms with Gasteiger partial charge in [-0.15, -0.1) is 0 Å². The zero-order valence-corrected chi connectivity index (χ0v) is 16.2. The Kier molecular flexibility index (Phi) is 7.00. The van der Waals surface area contributed by atoms with Gasteiger partial charge in [0.15, 0.2) is 6.61 Å². The van der Waals surface area contributed by atoms with Gasteiger partial charge in [-0.1, -0.05) is 30.3 Å². The van der Waals surface area contributed by atoms with E-state index in [9.17, 15) is 9.59 Å². The Balaban J connectivity index is 1.44. The molecule has 7 nitrogen and oxygen atoms in total. The number of carbonyl (C=O) groups is 1. The van der Waals surface area contributed by atoms with Crippen LogP contribution in [0.3, 0.4) is 0 Å². The smallest absolute Gasteiger partial charge is 0.258 e. The van der Waals surface area contributed by atoms with E-state index < -0.39 is 0 Å². The van der Waals surface area contributed by atoms with E-state index in [4.69, 9.17) is 9.47 Å². The first-order valence-corrected chi connectivity index (χ1v) is 9.40. The van der Waals surface area contributed by atoms with E-state index in [1.54, 1.807) is 24.3 Å². The van der Waals surface area contributed by atoms with Gasteiger partial charge in [-0.3, -0.25) is 14.2 Å². The molecule has 0 spiro atoms. The highest BCUT2D eigenvalue weighted by Gasteiger charge is 2.05. The van der Waals surface area contributed by atoms with E-state index in [2.05, 4.69) is 10.3 Å². The molecule has 3 rings (SSSR count). The largest absolute Gasteiger partial charge is 0.494 e. The molecular weight excluding hydrogens is 370 g/mol. The van der Waals surface area contributed by atoms with Crippen molar-refractivity contribution in [1.29, 1.82) is 0 Å². The van der Waals surface area contributed by atoms with Crippen molar-refractivity contribution in [2.75, 3.05) is 19.8 Å². The van der Waals surface area contributed by atoms with Crippen LogP contribution in [0.5, 0.6) is 11.5 Å². The first kappa shape index (κ1) is 20.1.